The molecule has 0 bridgehead atoms. The van der Waals surface area contributed by atoms with E-state index in [0.717, 1.165) is 0 Å². The Morgan fingerprint density at radius 1 is 1.07 bits per heavy atom. The fraction of sp³-hybridized carbons (Fsp3) is 0.550. The Bertz CT molecular complexity index is 647. The Labute approximate surface area is 160 Å². The van der Waals surface area contributed by atoms with E-state index in [1.165, 1.54) is 0 Å². The molecule has 7 heteroatoms. The van der Waals surface area contributed by atoms with Crippen LogP contribution in [0, 0.1) is 5.92 Å². The van der Waals surface area contributed by atoms with Crippen LogP contribution < -0.4 is 10.6 Å². The zero-order valence-electron chi connectivity index (χ0n) is 16.9. The fourth-order valence-corrected chi connectivity index (χ4v) is 2.29. The normalized spacial score (nSPS) is 12.3. The second kappa shape index (κ2) is 9.94. The summed E-state index contributed by atoms with van der Waals surface area (Å²) in [7, 11) is 0. The van der Waals surface area contributed by atoms with Gasteiger partial charge in [-0.25, -0.2) is 9.59 Å². The average Bonchev–Trinajstić information content (AvgIpc) is 2.52. The molecule has 2 amide bonds. The number of carbonyl (C=O) groups excluding carboxylic acids is 3. The molecule has 1 aromatic rings. The third-order valence-corrected chi connectivity index (χ3v) is 3.38. The van der Waals surface area contributed by atoms with Crippen LogP contribution >= 0.6 is 0 Å². The summed E-state index contributed by atoms with van der Waals surface area (Å²) in [4.78, 5) is 36.3. The van der Waals surface area contributed by atoms with Crippen LogP contribution in [0.3, 0.4) is 0 Å². The molecule has 0 aliphatic heterocycles. The van der Waals surface area contributed by atoms with E-state index in [1.807, 2.05) is 13.8 Å². The van der Waals surface area contributed by atoms with E-state index in [4.69, 9.17) is 9.47 Å². The highest BCUT2D eigenvalue weighted by Gasteiger charge is 2.25. The van der Waals surface area contributed by atoms with E-state index >= 15 is 0 Å². The van der Waals surface area contributed by atoms with E-state index in [-0.39, 0.29) is 11.8 Å². The molecular weight excluding hydrogens is 348 g/mol. The largest absolute Gasteiger partial charge is 0.462 e. The quantitative estimate of drug-likeness (QED) is 0.705. The third-order valence-electron chi connectivity index (χ3n) is 3.38. The summed E-state index contributed by atoms with van der Waals surface area (Å²) in [5, 5.41) is 5.38. The lowest BCUT2D eigenvalue weighted by molar-refractivity contribution is -0.118. The van der Waals surface area contributed by atoms with Gasteiger partial charge in [-0.1, -0.05) is 13.8 Å². The maximum absolute atomic E-state index is 12.6. The van der Waals surface area contributed by atoms with Gasteiger partial charge >= 0.3 is 12.1 Å². The Balaban J connectivity index is 2.78. The fourth-order valence-electron chi connectivity index (χ4n) is 2.29. The number of benzene rings is 1. The Morgan fingerprint density at radius 2 is 1.67 bits per heavy atom. The van der Waals surface area contributed by atoms with Crippen molar-refractivity contribution in [2.45, 2.75) is 59.6 Å². The summed E-state index contributed by atoms with van der Waals surface area (Å²) >= 11 is 0. The first-order valence-corrected chi connectivity index (χ1v) is 9.09. The first-order chi connectivity index (χ1) is 12.5. The van der Waals surface area contributed by atoms with Gasteiger partial charge < -0.3 is 20.1 Å². The summed E-state index contributed by atoms with van der Waals surface area (Å²) in [5.41, 5.74) is 0.277. The van der Waals surface area contributed by atoms with Crippen LogP contribution in [-0.2, 0) is 14.3 Å². The van der Waals surface area contributed by atoms with Crippen molar-refractivity contribution in [2.75, 3.05) is 11.9 Å². The number of rotatable bonds is 7. The first kappa shape index (κ1) is 22.5. The standard InChI is InChI=1S/C20H30N2O5/c1-7-26-18(24)14-8-10-15(11-9-14)21-17(23)16(12-13(2)3)22-19(25)27-20(4,5)6/h8-11,13,16H,7,12H2,1-6H3,(H,21,23)(H,22,25)/t16-/m0/s1. The molecule has 0 fully saturated rings. The second-order valence-corrected chi connectivity index (χ2v) is 7.62. The summed E-state index contributed by atoms with van der Waals surface area (Å²) in [6.45, 7) is 11.2. The van der Waals surface area contributed by atoms with E-state index in [0.29, 0.717) is 24.3 Å². The number of ether oxygens (including phenoxy) is 2. The van der Waals surface area contributed by atoms with Crippen molar-refractivity contribution in [1.29, 1.82) is 0 Å². The Hall–Kier alpha value is -2.57. The number of nitrogens with one attached hydrogen (secondary N) is 2. The lowest BCUT2D eigenvalue weighted by Gasteiger charge is -2.24. The van der Waals surface area contributed by atoms with Crippen LogP contribution in [0.4, 0.5) is 10.5 Å². The molecule has 7 nitrogen and oxygen atoms in total. The van der Waals surface area contributed by atoms with Crippen LogP contribution in [-0.4, -0.2) is 36.2 Å². The van der Waals surface area contributed by atoms with Crippen molar-refractivity contribution in [3.8, 4) is 0 Å². The van der Waals surface area contributed by atoms with Gasteiger partial charge in [0, 0.05) is 5.69 Å². The Morgan fingerprint density at radius 3 is 2.15 bits per heavy atom. The molecule has 1 aromatic carbocycles. The molecule has 0 aliphatic carbocycles. The van der Waals surface area contributed by atoms with E-state index in [2.05, 4.69) is 10.6 Å². The molecule has 0 aromatic heterocycles. The number of hydrogen-bond acceptors (Lipinski definition) is 5. The minimum absolute atomic E-state index is 0.196. The summed E-state index contributed by atoms with van der Waals surface area (Å²) in [6, 6.07) is 5.65. The molecule has 2 N–H and O–H groups in total. The lowest BCUT2D eigenvalue weighted by atomic mass is 10.0. The van der Waals surface area contributed by atoms with Gasteiger partial charge in [0.05, 0.1) is 12.2 Å². The summed E-state index contributed by atoms with van der Waals surface area (Å²) in [5.74, 6) is -0.569. The van der Waals surface area contributed by atoms with Gasteiger partial charge in [-0.3, -0.25) is 4.79 Å². The molecule has 0 saturated carbocycles. The third kappa shape index (κ3) is 8.57. The molecule has 1 rings (SSSR count). The van der Waals surface area contributed by atoms with Gasteiger partial charge in [0.25, 0.3) is 0 Å². The van der Waals surface area contributed by atoms with E-state index in [9.17, 15) is 14.4 Å². The van der Waals surface area contributed by atoms with Crippen LogP contribution in [0.1, 0.15) is 58.3 Å². The molecule has 1 atom stereocenters. The van der Waals surface area contributed by atoms with Crippen LogP contribution in [0.5, 0.6) is 0 Å². The van der Waals surface area contributed by atoms with Gasteiger partial charge in [0.1, 0.15) is 11.6 Å². The number of anilines is 1. The van der Waals surface area contributed by atoms with Crippen LogP contribution in [0.2, 0.25) is 0 Å². The molecule has 0 heterocycles. The minimum Gasteiger partial charge on any atom is -0.462 e. The molecule has 0 spiro atoms. The highest BCUT2D eigenvalue weighted by molar-refractivity contribution is 5.97. The van der Waals surface area contributed by atoms with Gasteiger partial charge in [0.15, 0.2) is 0 Å². The number of alkyl carbamates (subject to hydrolysis) is 1. The van der Waals surface area contributed by atoms with Crippen molar-refractivity contribution in [3.05, 3.63) is 29.8 Å². The number of carbonyl (C=O) groups is 3. The topological polar surface area (TPSA) is 93.7 Å². The van der Waals surface area contributed by atoms with Gasteiger partial charge in [-0.15, -0.1) is 0 Å². The number of amides is 2. The molecule has 0 unspecified atom stereocenters. The monoisotopic (exact) mass is 378 g/mol. The zero-order chi connectivity index (χ0) is 20.6. The highest BCUT2D eigenvalue weighted by atomic mass is 16.6. The highest BCUT2D eigenvalue weighted by Crippen LogP contribution is 2.14. The smallest absolute Gasteiger partial charge is 0.408 e. The predicted octanol–water partition coefficient (Wildman–Crippen LogP) is 3.74. The van der Waals surface area contributed by atoms with E-state index < -0.39 is 23.7 Å². The zero-order valence-corrected chi connectivity index (χ0v) is 16.9. The average molecular weight is 378 g/mol. The molecular formula is C20H30N2O5. The Kier molecular flexibility index (Phi) is 8.28. The lowest BCUT2D eigenvalue weighted by Crippen LogP contribution is -2.46. The minimum atomic E-state index is -0.732. The predicted molar refractivity (Wildman–Crippen MR) is 104 cm³/mol. The molecule has 0 aliphatic rings. The van der Waals surface area contributed by atoms with Crippen LogP contribution in [0.15, 0.2) is 24.3 Å². The second-order valence-electron chi connectivity index (χ2n) is 7.62. The van der Waals surface area contributed by atoms with E-state index in [1.54, 1.807) is 52.0 Å². The van der Waals surface area contributed by atoms with Crippen molar-refractivity contribution in [3.63, 3.8) is 0 Å². The van der Waals surface area contributed by atoms with Crippen molar-refractivity contribution in [1.82, 2.24) is 5.32 Å². The maximum atomic E-state index is 12.6. The van der Waals surface area contributed by atoms with Gasteiger partial charge in [0.2, 0.25) is 5.91 Å². The maximum Gasteiger partial charge on any atom is 0.408 e. The van der Waals surface area contributed by atoms with Gasteiger partial charge in [-0.05, 0) is 64.3 Å². The molecule has 150 valence electrons. The SMILES string of the molecule is CCOC(=O)c1ccc(NC(=O)[C@H](CC(C)C)NC(=O)OC(C)(C)C)cc1. The summed E-state index contributed by atoms with van der Waals surface area (Å²) in [6.07, 6.45) is -0.174. The number of hydrogen-bond donors (Lipinski definition) is 2. The summed E-state index contributed by atoms with van der Waals surface area (Å²) < 4.78 is 10.2. The van der Waals surface area contributed by atoms with Crippen LogP contribution in [0.25, 0.3) is 0 Å². The van der Waals surface area contributed by atoms with Crippen molar-refractivity contribution >= 4 is 23.7 Å². The first-order valence-electron chi connectivity index (χ1n) is 9.09. The van der Waals surface area contributed by atoms with Crippen molar-refractivity contribution < 1.29 is 23.9 Å². The van der Waals surface area contributed by atoms with Crippen molar-refractivity contribution in [2.24, 2.45) is 5.92 Å². The molecule has 0 saturated heterocycles. The molecule has 27 heavy (non-hydrogen) atoms. The number of esters is 1. The van der Waals surface area contributed by atoms with Gasteiger partial charge in [-0.2, -0.15) is 0 Å². The molecule has 0 radical (unpaired) electrons.